The Morgan fingerprint density at radius 1 is 1.12 bits per heavy atom. The number of carbonyl (C=O) groups is 2. The molecule has 24 heavy (non-hydrogen) atoms. The van der Waals surface area contributed by atoms with E-state index < -0.39 is 29.6 Å². The summed E-state index contributed by atoms with van der Waals surface area (Å²) < 4.78 is 39.1. The maximum atomic E-state index is 13.0. The van der Waals surface area contributed by atoms with E-state index in [9.17, 15) is 22.8 Å². The lowest BCUT2D eigenvalue weighted by Gasteiger charge is -2.36. The molecular formula is C17H21F3N2O2. The summed E-state index contributed by atoms with van der Waals surface area (Å²) in [5, 5.41) is 5.24. The summed E-state index contributed by atoms with van der Waals surface area (Å²) >= 11 is 0. The topological polar surface area (TPSA) is 58.2 Å². The minimum atomic E-state index is -4.51. The van der Waals surface area contributed by atoms with Gasteiger partial charge in [0.25, 0.3) is 0 Å². The van der Waals surface area contributed by atoms with E-state index in [1.807, 2.05) is 0 Å². The number of hydrogen-bond acceptors (Lipinski definition) is 2. The van der Waals surface area contributed by atoms with E-state index >= 15 is 0 Å². The van der Waals surface area contributed by atoms with Gasteiger partial charge in [0.1, 0.15) is 5.54 Å². The lowest BCUT2D eigenvalue weighted by atomic mass is 9.80. The molecule has 2 N–H and O–H groups in total. The Morgan fingerprint density at radius 2 is 1.75 bits per heavy atom. The first-order valence-electron chi connectivity index (χ1n) is 7.97. The van der Waals surface area contributed by atoms with Crippen LogP contribution >= 0.6 is 0 Å². The summed E-state index contributed by atoms with van der Waals surface area (Å²) in [5.41, 5.74) is -1.93. The van der Waals surface area contributed by atoms with Crippen molar-refractivity contribution in [2.24, 2.45) is 0 Å². The van der Waals surface area contributed by atoms with Crippen LogP contribution in [0, 0.1) is 0 Å². The largest absolute Gasteiger partial charge is 0.416 e. The number of likely N-dealkylation sites (N-methyl/N-ethyl adjacent to an activating group) is 1. The third-order valence-electron chi connectivity index (χ3n) is 4.42. The number of amides is 2. The third-order valence-corrected chi connectivity index (χ3v) is 4.42. The van der Waals surface area contributed by atoms with Crippen LogP contribution in [0.25, 0.3) is 0 Å². The maximum Gasteiger partial charge on any atom is 0.416 e. The van der Waals surface area contributed by atoms with Crippen LogP contribution in [0.15, 0.2) is 24.3 Å². The van der Waals surface area contributed by atoms with Crippen molar-refractivity contribution in [3.05, 3.63) is 35.4 Å². The highest BCUT2D eigenvalue weighted by atomic mass is 19.4. The summed E-state index contributed by atoms with van der Waals surface area (Å²) in [5.74, 6) is -0.864. The van der Waals surface area contributed by atoms with E-state index in [2.05, 4.69) is 10.6 Å². The van der Waals surface area contributed by atoms with E-state index in [4.69, 9.17) is 0 Å². The van der Waals surface area contributed by atoms with Gasteiger partial charge in [-0.25, -0.2) is 0 Å². The van der Waals surface area contributed by atoms with Crippen molar-refractivity contribution in [2.75, 3.05) is 7.05 Å². The van der Waals surface area contributed by atoms with Gasteiger partial charge in [0, 0.05) is 7.05 Å². The molecule has 0 radical (unpaired) electrons. The molecule has 0 bridgehead atoms. The standard InChI is InChI=1S/C17H21F3N2O2/c1-21-15(24)16(9-5-2-6-10-16)22-14(23)11-12-7-3-4-8-13(12)17(18,19)20/h3-4,7-8H,2,5-6,9-11H2,1H3,(H,21,24)(H,22,23). The van der Waals surface area contributed by atoms with Gasteiger partial charge >= 0.3 is 6.18 Å². The van der Waals surface area contributed by atoms with Crippen LogP contribution in [0.2, 0.25) is 0 Å². The Kier molecular flexibility index (Phi) is 5.51. The Hall–Kier alpha value is -2.05. The van der Waals surface area contributed by atoms with Crippen molar-refractivity contribution in [1.82, 2.24) is 10.6 Å². The first-order chi connectivity index (χ1) is 11.3. The molecule has 132 valence electrons. The Morgan fingerprint density at radius 3 is 2.33 bits per heavy atom. The number of halogens is 3. The van der Waals surface area contributed by atoms with Crippen molar-refractivity contribution in [3.8, 4) is 0 Å². The SMILES string of the molecule is CNC(=O)C1(NC(=O)Cc2ccccc2C(F)(F)F)CCCCC1. The number of nitrogens with one attached hydrogen (secondary N) is 2. The molecule has 0 unspecified atom stereocenters. The molecule has 1 aromatic carbocycles. The molecule has 7 heteroatoms. The summed E-state index contributed by atoms with van der Waals surface area (Å²) in [6.07, 6.45) is -1.35. The average Bonchev–Trinajstić information content (AvgIpc) is 2.54. The van der Waals surface area contributed by atoms with Crippen molar-refractivity contribution in [2.45, 2.75) is 50.2 Å². The van der Waals surface area contributed by atoms with Crippen LogP contribution in [0.4, 0.5) is 13.2 Å². The molecule has 0 saturated heterocycles. The minimum Gasteiger partial charge on any atom is -0.357 e. The molecular weight excluding hydrogens is 321 g/mol. The van der Waals surface area contributed by atoms with Crippen molar-refractivity contribution < 1.29 is 22.8 Å². The second-order valence-electron chi connectivity index (χ2n) is 6.10. The quantitative estimate of drug-likeness (QED) is 0.884. The van der Waals surface area contributed by atoms with Crippen molar-refractivity contribution in [1.29, 1.82) is 0 Å². The maximum absolute atomic E-state index is 13.0. The Labute approximate surface area is 138 Å². The molecule has 0 heterocycles. The zero-order chi connectivity index (χ0) is 17.8. The molecule has 2 rings (SSSR count). The van der Waals surface area contributed by atoms with Gasteiger partial charge in [-0.2, -0.15) is 13.2 Å². The van der Waals surface area contributed by atoms with Gasteiger partial charge in [0.05, 0.1) is 12.0 Å². The highest BCUT2D eigenvalue weighted by Gasteiger charge is 2.40. The highest BCUT2D eigenvalue weighted by Crippen LogP contribution is 2.32. The van der Waals surface area contributed by atoms with Crippen LogP contribution in [0.1, 0.15) is 43.2 Å². The minimum absolute atomic E-state index is 0.0923. The molecule has 1 aromatic rings. The Bertz CT molecular complexity index is 608. The van der Waals surface area contributed by atoms with Gasteiger partial charge < -0.3 is 10.6 Å². The van der Waals surface area contributed by atoms with Crippen LogP contribution < -0.4 is 10.6 Å². The van der Waals surface area contributed by atoms with Gasteiger partial charge in [0.2, 0.25) is 11.8 Å². The molecule has 0 spiro atoms. The fourth-order valence-corrected chi connectivity index (χ4v) is 3.24. The van der Waals surface area contributed by atoms with Gasteiger partial charge in [0.15, 0.2) is 0 Å². The van der Waals surface area contributed by atoms with Gasteiger partial charge in [-0.1, -0.05) is 37.5 Å². The van der Waals surface area contributed by atoms with Crippen LogP contribution in [-0.4, -0.2) is 24.4 Å². The van der Waals surface area contributed by atoms with Gasteiger partial charge in [-0.15, -0.1) is 0 Å². The zero-order valence-corrected chi connectivity index (χ0v) is 13.5. The van der Waals surface area contributed by atoms with Crippen LogP contribution in [0.3, 0.4) is 0 Å². The van der Waals surface area contributed by atoms with E-state index in [1.54, 1.807) is 0 Å². The second kappa shape index (κ2) is 7.23. The van der Waals surface area contributed by atoms with E-state index in [0.29, 0.717) is 12.8 Å². The van der Waals surface area contributed by atoms with Crippen LogP contribution in [-0.2, 0) is 22.2 Å². The van der Waals surface area contributed by atoms with E-state index in [-0.39, 0.29) is 11.5 Å². The average molecular weight is 342 g/mol. The Balaban J connectivity index is 2.17. The number of hydrogen-bond donors (Lipinski definition) is 2. The molecule has 0 aliphatic heterocycles. The van der Waals surface area contributed by atoms with E-state index in [0.717, 1.165) is 25.3 Å². The lowest BCUT2D eigenvalue weighted by molar-refractivity contribution is -0.139. The smallest absolute Gasteiger partial charge is 0.357 e. The molecule has 0 atom stereocenters. The van der Waals surface area contributed by atoms with Gasteiger partial charge in [-0.3, -0.25) is 9.59 Å². The highest BCUT2D eigenvalue weighted by molar-refractivity contribution is 5.92. The number of alkyl halides is 3. The van der Waals surface area contributed by atoms with Gasteiger partial charge in [-0.05, 0) is 24.5 Å². The fourth-order valence-electron chi connectivity index (χ4n) is 3.24. The van der Waals surface area contributed by atoms with Crippen LogP contribution in [0.5, 0.6) is 0 Å². The van der Waals surface area contributed by atoms with Crippen molar-refractivity contribution >= 4 is 11.8 Å². The first kappa shape index (κ1) is 18.3. The summed E-state index contributed by atoms with van der Waals surface area (Å²) in [7, 11) is 1.49. The normalized spacial score (nSPS) is 17.2. The molecule has 1 fully saturated rings. The summed E-state index contributed by atoms with van der Waals surface area (Å²) in [4.78, 5) is 24.5. The molecule has 1 aliphatic carbocycles. The number of carbonyl (C=O) groups excluding carboxylic acids is 2. The van der Waals surface area contributed by atoms with Crippen molar-refractivity contribution in [3.63, 3.8) is 0 Å². The molecule has 1 aliphatic rings. The molecule has 2 amide bonds. The molecule has 4 nitrogen and oxygen atoms in total. The van der Waals surface area contributed by atoms with E-state index in [1.165, 1.54) is 25.2 Å². The number of benzene rings is 1. The monoisotopic (exact) mass is 342 g/mol. The molecule has 1 saturated carbocycles. The number of rotatable bonds is 4. The lowest BCUT2D eigenvalue weighted by Crippen LogP contribution is -2.59. The predicted molar refractivity (Wildman–Crippen MR) is 83.2 cm³/mol. The molecule has 0 aromatic heterocycles. The predicted octanol–water partition coefficient (Wildman–Crippen LogP) is 2.81. The summed E-state index contributed by atoms with van der Waals surface area (Å²) in [6, 6.07) is 5.00. The fraction of sp³-hybridized carbons (Fsp3) is 0.529. The third kappa shape index (κ3) is 4.07. The second-order valence-corrected chi connectivity index (χ2v) is 6.10. The zero-order valence-electron chi connectivity index (χ0n) is 13.5. The summed E-state index contributed by atoms with van der Waals surface area (Å²) in [6.45, 7) is 0. The first-order valence-corrected chi connectivity index (χ1v) is 7.97.